The predicted molar refractivity (Wildman–Crippen MR) is 113 cm³/mol. The fraction of sp³-hybridized carbons (Fsp3) is 0.455. The van der Waals surface area contributed by atoms with Crippen molar-refractivity contribution in [2.75, 3.05) is 0 Å². The number of thiophene rings is 1. The highest BCUT2D eigenvalue weighted by Crippen LogP contribution is 2.35. The van der Waals surface area contributed by atoms with Crippen LogP contribution in [-0.2, 0) is 6.54 Å². The first-order chi connectivity index (χ1) is 13.1. The van der Waals surface area contributed by atoms with Crippen LogP contribution >= 0.6 is 11.3 Å². The van der Waals surface area contributed by atoms with Crippen molar-refractivity contribution in [2.24, 2.45) is 0 Å². The Morgan fingerprint density at radius 2 is 1.81 bits per heavy atom. The van der Waals surface area contributed by atoms with Crippen molar-refractivity contribution in [2.45, 2.75) is 65.0 Å². The number of benzene rings is 1. The number of nitrogens with one attached hydrogen (secondary N) is 2. The molecule has 0 saturated heterocycles. The molecule has 1 aromatic carbocycles. The van der Waals surface area contributed by atoms with Crippen molar-refractivity contribution in [1.82, 2.24) is 15.3 Å². The highest BCUT2D eigenvalue weighted by atomic mass is 32.1. The monoisotopic (exact) mass is 381 g/mol. The molecule has 1 saturated carbocycles. The second-order valence-corrected chi connectivity index (χ2v) is 8.86. The summed E-state index contributed by atoms with van der Waals surface area (Å²) < 4.78 is 0. The molecule has 2 heterocycles. The van der Waals surface area contributed by atoms with Crippen molar-refractivity contribution in [3.05, 3.63) is 50.9 Å². The van der Waals surface area contributed by atoms with E-state index in [0.717, 1.165) is 32.0 Å². The van der Waals surface area contributed by atoms with Gasteiger partial charge in [0.2, 0.25) is 0 Å². The maximum absolute atomic E-state index is 12.9. The molecule has 0 amide bonds. The Morgan fingerprint density at radius 3 is 2.52 bits per heavy atom. The zero-order valence-electron chi connectivity index (χ0n) is 16.1. The van der Waals surface area contributed by atoms with E-state index in [-0.39, 0.29) is 5.56 Å². The first-order valence-corrected chi connectivity index (χ1v) is 10.8. The Kier molecular flexibility index (Phi) is 5.41. The summed E-state index contributed by atoms with van der Waals surface area (Å²) in [5.41, 5.74) is 3.29. The molecule has 5 heteroatoms. The van der Waals surface area contributed by atoms with E-state index < -0.39 is 0 Å². The van der Waals surface area contributed by atoms with Gasteiger partial charge in [-0.05, 0) is 32.3 Å². The summed E-state index contributed by atoms with van der Waals surface area (Å²) in [6.45, 7) is 4.78. The first-order valence-electron chi connectivity index (χ1n) is 9.94. The lowest BCUT2D eigenvalue weighted by Gasteiger charge is -2.15. The van der Waals surface area contributed by atoms with Gasteiger partial charge in [-0.25, -0.2) is 4.98 Å². The van der Waals surface area contributed by atoms with Crippen LogP contribution in [0.4, 0.5) is 0 Å². The van der Waals surface area contributed by atoms with E-state index in [1.54, 1.807) is 11.3 Å². The maximum Gasteiger partial charge on any atom is 0.260 e. The summed E-state index contributed by atoms with van der Waals surface area (Å²) in [5, 5.41) is 4.32. The molecule has 4 nitrogen and oxygen atoms in total. The molecule has 27 heavy (non-hydrogen) atoms. The average Bonchev–Trinajstić information content (AvgIpc) is 2.82. The number of aryl methyl sites for hydroxylation is 2. The summed E-state index contributed by atoms with van der Waals surface area (Å²) >= 11 is 1.61. The van der Waals surface area contributed by atoms with E-state index in [4.69, 9.17) is 4.98 Å². The van der Waals surface area contributed by atoms with E-state index in [1.165, 1.54) is 44.1 Å². The van der Waals surface area contributed by atoms with Crippen LogP contribution < -0.4 is 10.9 Å². The van der Waals surface area contributed by atoms with Gasteiger partial charge in [0.15, 0.2) is 0 Å². The Hall–Kier alpha value is -1.98. The van der Waals surface area contributed by atoms with Crippen molar-refractivity contribution < 1.29 is 0 Å². The van der Waals surface area contributed by atoms with Crippen molar-refractivity contribution in [1.29, 1.82) is 0 Å². The topological polar surface area (TPSA) is 57.8 Å². The average molecular weight is 382 g/mol. The summed E-state index contributed by atoms with van der Waals surface area (Å²) in [6.07, 6.45) is 7.73. The Bertz CT molecular complexity index is 979. The predicted octanol–water partition coefficient (Wildman–Crippen LogP) is 5.08. The number of aromatic nitrogens is 2. The van der Waals surface area contributed by atoms with Crippen LogP contribution in [-0.4, -0.2) is 16.0 Å². The normalized spacial score (nSPS) is 15.9. The quantitative estimate of drug-likeness (QED) is 0.620. The second kappa shape index (κ2) is 7.95. The fourth-order valence-corrected chi connectivity index (χ4v) is 5.10. The molecule has 0 spiro atoms. The molecule has 0 radical (unpaired) electrons. The van der Waals surface area contributed by atoms with Gasteiger partial charge in [-0.3, -0.25) is 4.79 Å². The Morgan fingerprint density at radius 1 is 1.11 bits per heavy atom. The molecule has 0 atom stereocenters. The lowest BCUT2D eigenvalue weighted by atomic mass is 10.0. The van der Waals surface area contributed by atoms with E-state index in [0.29, 0.717) is 12.6 Å². The van der Waals surface area contributed by atoms with Gasteiger partial charge in [0, 0.05) is 16.5 Å². The molecule has 142 valence electrons. The van der Waals surface area contributed by atoms with Gasteiger partial charge in [0.1, 0.15) is 10.7 Å². The lowest BCUT2D eigenvalue weighted by Crippen LogP contribution is -2.29. The first kappa shape index (κ1) is 18.4. The zero-order chi connectivity index (χ0) is 18.8. The number of aromatic amines is 1. The highest BCUT2D eigenvalue weighted by molar-refractivity contribution is 7.19. The molecule has 0 bridgehead atoms. The van der Waals surface area contributed by atoms with Gasteiger partial charge in [0.25, 0.3) is 5.56 Å². The maximum atomic E-state index is 12.9. The van der Waals surface area contributed by atoms with Gasteiger partial charge in [0.05, 0.1) is 11.9 Å². The fourth-order valence-electron chi connectivity index (χ4n) is 4.04. The van der Waals surface area contributed by atoms with Crippen LogP contribution in [0.25, 0.3) is 21.3 Å². The molecule has 0 unspecified atom stereocenters. The van der Waals surface area contributed by atoms with Crippen LogP contribution in [0.2, 0.25) is 0 Å². The van der Waals surface area contributed by atoms with E-state index >= 15 is 0 Å². The van der Waals surface area contributed by atoms with Crippen LogP contribution in [0.5, 0.6) is 0 Å². The zero-order valence-corrected chi connectivity index (χ0v) is 16.9. The third-order valence-corrected chi connectivity index (χ3v) is 6.54. The van der Waals surface area contributed by atoms with Gasteiger partial charge in [-0.2, -0.15) is 0 Å². The minimum atomic E-state index is -0.0300. The standard InChI is InChI=1S/C22H27N3OS/c1-14-9-11-16(12-10-14)19-15(2)27-22-20(19)21(26)24-18(25-22)13-23-17-7-5-3-4-6-8-17/h9-12,17,23H,3-8,13H2,1-2H3,(H,24,25,26). The van der Waals surface area contributed by atoms with E-state index in [1.807, 2.05) is 0 Å². The Labute approximate surface area is 164 Å². The second-order valence-electron chi connectivity index (χ2n) is 7.66. The minimum absolute atomic E-state index is 0.0300. The van der Waals surface area contributed by atoms with Crippen LogP contribution in [0.15, 0.2) is 29.1 Å². The van der Waals surface area contributed by atoms with Crippen molar-refractivity contribution >= 4 is 21.6 Å². The number of rotatable bonds is 4. The molecule has 1 fully saturated rings. The molecular formula is C22H27N3OS. The summed E-state index contributed by atoms with van der Waals surface area (Å²) in [4.78, 5) is 22.6. The van der Waals surface area contributed by atoms with Crippen LogP contribution in [0.1, 0.15) is 54.8 Å². The molecular weight excluding hydrogens is 354 g/mol. The van der Waals surface area contributed by atoms with Crippen LogP contribution in [0, 0.1) is 13.8 Å². The van der Waals surface area contributed by atoms with Crippen molar-refractivity contribution in [3.63, 3.8) is 0 Å². The molecule has 2 aromatic heterocycles. The smallest absolute Gasteiger partial charge is 0.260 e. The molecule has 1 aliphatic rings. The number of hydrogen-bond donors (Lipinski definition) is 2. The molecule has 1 aliphatic carbocycles. The molecule has 0 aliphatic heterocycles. The number of H-pyrrole nitrogens is 1. The number of hydrogen-bond acceptors (Lipinski definition) is 4. The third-order valence-electron chi connectivity index (χ3n) is 5.54. The summed E-state index contributed by atoms with van der Waals surface area (Å²) in [7, 11) is 0. The lowest BCUT2D eigenvalue weighted by molar-refractivity contribution is 0.453. The van der Waals surface area contributed by atoms with Gasteiger partial charge >= 0.3 is 0 Å². The largest absolute Gasteiger partial charge is 0.309 e. The number of nitrogens with zero attached hydrogens (tertiary/aromatic N) is 1. The van der Waals surface area contributed by atoms with E-state index in [9.17, 15) is 4.79 Å². The Balaban J connectivity index is 1.62. The number of fused-ring (bicyclic) bond motifs is 1. The molecule has 4 rings (SSSR count). The molecule has 3 aromatic rings. The SMILES string of the molecule is Cc1ccc(-c2c(C)sc3nc(CNC4CCCCCC4)[nH]c(=O)c23)cc1. The van der Waals surface area contributed by atoms with Crippen molar-refractivity contribution in [3.8, 4) is 11.1 Å². The minimum Gasteiger partial charge on any atom is -0.309 e. The van der Waals surface area contributed by atoms with Gasteiger partial charge < -0.3 is 10.3 Å². The third kappa shape index (κ3) is 3.99. The summed E-state index contributed by atoms with van der Waals surface area (Å²) in [5.74, 6) is 0.744. The highest BCUT2D eigenvalue weighted by Gasteiger charge is 2.17. The van der Waals surface area contributed by atoms with Gasteiger partial charge in [-0.15, -0.1) is 11.3 Å². The van der Waals surface area contributed by atoms with Gasteiger partial charge in [-0.1, -0.05) is 55.5 Å². The summed E-state index contributed by atoms with van der Waals surface area (Å²) in [6, 6.07) is 8.90. The molecule has 2 N–H and O–H groups in total. The van der Waals surface area contributed by atoms with E-state index in [2.05, 4.69) is 48.4 Å². The van der Waals surface area contributed by atoms with Crippen LogP contribution in [0.3, 0.4) is 0 Å².